The van der Waals surface area contributed by atoms with E-state index in [9.17, 15) is 9.59 Å². The SMILES string of the molecule is COc1ccc(NC(=O)c2cncs2)cc1C(=O)N(C)C. The van der Waals surface area contributed by atoms with Crippen LogP contribution in [-0.4, -0.2) is 42.9 Å². The predicted molar refractivity (Wildman–Crippen MR) is 81.1 cm³/mol. The number of methoxy groups -OCH3 is 1. The van der Waals surface area contributed by atoms with Gasteiger partial charge in [-0.1, -0.05) is 0 Å². The van der Waals surface area contributed by atoms with Gasteiger partial charge in [0, 0.05) is 19.8 Å². The largest absolute Gasteiger partial charge is 0.496 e. The van der Waals surface area contributed by atoms with Gasteiger partial charge in [0.1, 0.15) is 10.6 Å². The van der Waals surface area contributed by atoms with Gasteiger partial charge in [0.05, 0.1) is 24.4 Å². The molecule has 0 aliphatic carbocycles. The summed E-state index contributed by atoms with van der Waals surface area (Å²) in [4.78, 5) is 29.9. The molecule has 110 valence electrons. The van der Waals surface area contributed by atoms with Crippen molar-refractivity contribution in [2.45, 2.75) is 0 Å². The van der Waals surface area contributed by atoms with E-state index in [1.807, 2.05) is 0 Å². The van der Waals surface area contributed by atoms with Crippen LogP contribution in [0, 0.1) is 0 Å². The fourth-order valence-electron chi connectivity index (χ4n) is 1.71. The van der Waals surface area contributed by atoms with Crippen LogP contribution >= 0.6 is 11.3 Å². The summed E-state index contributed by atoms with van der Waals surface area (Å²) in [7, 11) is 4.81. The number of hydrogen-bond donors (Lipinski definition) is 1. The Morgan fingerprint density at radius 1 is 1.33 bits per heavy atom. The molecule has 0 saturated carbocycles. The Morgan fingerprint density at radius 3 is 2.67 bits per heavy atom. The lowest BCUT2D eigenvalue weighted by atomic mass is 10.1. The van der Waals surface area contributed by atoms with Crippen molar-refractivity contribution < 1.29 is 14.3 Å². The molecule has 0 radical (unpaired) electrons. The first-order chi connectivity index (χ1) is 10.0. The molecule has 0 aliphatic heterocycles. The molecule has 1 aromatic heterocycles. The number of carbonyl (C=O) groups excluding carboxylic acids is 2. The van der Waals surface area contributed by atoms with Crippen LogP contribution in [-0.2, 0) is 0 Å². The molecule has 0 aliphatic rings. The highest BCUT2D eigenvalue weighted by Gasteiger charge is 2.16. The van der Waals surface area contributed by atoms with Gasteiger partial charge in [-0.2, -0.15) is 0 Å². The van der Waals surface area contributed by atoms with E-state index in [1.165, 1.54) is 29.5 Å². The predicted octanol–water partition coefficient (Wildman–Crippen LogP) is 2.11. The lowest BCUT2D eigenvalue weighted by Gasteiger charge is -2.14. The van der Waals surface area contributed by atoms with Gasteiger partial charge in [-0.25, -0.2) is 0 Å². The second-order valence-electron chi connectivity index (χ2n) is 4.43. The summed E-state index contributed by atoms with van der Waals surface area (Å²) in [5, 5.41) is 2.74. The number of aromatic nitrogens is 1. The zero-order valence-electron chi connectivity index (χ0n) is 11.9. The van der Waals surface area contributed by atoms with Crippen molar-refractivity contribution in [1.82, 2.24) is 9.88 Å². The summed E-state index contributed by atoms with van der Waals surface area (Å²) in [6.07, 6.45) is 1.50. The minimum Gasteiger partial charge on any atom is -0.496 e. The van der Waals surface area contributed by atoms with Gasteiger partial charge >= 0.3 is 0 Å². The van der Waals surface area contributed by atoms with Crippen molar-refractivity contribution in [3.8, 4) is 5.75 Å². The molecule has 1 heterocycles. The smallest absolute Gasteiger partial charge is 0.267 e. The van der Waals surface area contributed by atoms with Crippen LogP contribution in [0.4, 0.5) is 5.69 Å². The molecule has 1 N–H and O–H groups in total. The lowest BCUT2D eigenvalue weighted by molar-refractivity contribution is 0.0824. The average molecular weight is 305 g/mol. The number of nitrogens with zero attached hydrogens (tertiary/aromatic N) is 2. The molecule has 2 amide bonds. The molecule has 0 atom stereocenters. The van der Waals surface area contributed by atoms with Crippen LogP contribution in [0.15, 0.2) is 29.9 Å². The molecule has 2 rings (SSSR count). The number of hydrogen-bond acceptors (Lipinski definition) is 5. The van der Waals surface area contributed by atoms with Crippen molar-refractivity contribution in [3.05, 3.63) is 40.3 Å². The highest BCUT2D eigenvalue weighted by molar-refractivity contribution is 7.11. The first-order valence-corrected chi connectivity index (χ1v) is 7.00. The van der Waals surface area contributed by atoms with Crippen LogP contribution in [0.25, 0.3) is 0 Å². The minimum atomic E-state index is -0.258. The van der Waals surface area contributed by atoms with E-state index < -0.39 is 0 Å². The van der Waals surface area contributed by atoms with E-state index in [-0.39, 0.29) is 11.8 Å². The minimum absolute atomic E-state index is 0.194. The standard InChI is InChI=1S/C14H15N3O3S/c1-17(2)14(19)10-6-9(4-5-11(10)20-3)16-13(18)12-7-15-8-21-12/h4-8H,1-3H3,(H,16,18). The fraction of sp³-hybridized carbons (Fsp3) is 0.214. The fourth-order valence-corrected chi connectivity index (χ4v) is 2.23. The highest BCUT2D eigenvalue weighted by atomic mass is 32.1. The van der Waals surface area contributed by atoms with Crippen molar-refractivity contribution in [2.24, 2.45) is 0 Å². The Balaban J connectivity index is 2.27. The molecule has 0 saturated heterocycles. The third-order valence-corrected chi connectivity index (χ3v) is 3.52. The van der Waals surface area contributed by atoms with Gasteiger partial charge in [-0.3, -0.25) is 14.6 Å². The molecule has 0 fully saturated rings. The molecule has 1 aromatic carbocycles. The van der Waals surface area contributed by atoms with Crippen LogP contribution < -0.4 is 10.1 Å². The second-order valence-corrected chi connectivity index (χ2v) is 5.32. The summed E-state index contributed by atoms with van der Waals surface area (Å²) < 4.78 is 5.18. The molecule has 6 nitrogen and oxygen atoms in total. The molecule has 0 unspecified atom stereocenters. The summed E-state index contributed by atoms with van der Waals surface area (Å²) in [6.45, 7) is 0. The Kier molecular flexibility index (Phi) is 4.54. The van der Waals surface area contributed by atoms with Crippen molar-refractivity contribution in [2.75, 3.05) is 26.5 Å². The van der Waals surface area contributed by atoms with E-state index in [0.717, 1.165) is 0 Å². The van der Waals surface area contributed by atoms with Crippen LogP contribution in [0.5, 0.6) is 5.75 Å². The third kappa shape index (κ3) is 3.38. The summed E-state index contributed by atoms with van der Waals surface area (Å²) in [5.74, 6) is 0.0103. The van der Waals surface area contributed by atoms with Crippen LogP contribution in [0.3, 0.4) is 0 Å². The molecule has 7 heteroatoms. The maximum absolute atomic E-state index is 12.1. The molecule has 0 spiro atoms. The van der Waals surface area contributed by atoms with Crippen molar-refractivity contribution in [3.63, 3.8) is 0 Å². The number of thiazole rings is 1. The third-order valence-electron chi connectivity index (χ3n) is 2.75. The second kappa shape index (κ2) is 6.36. The number of ether oxygens (including phenoxy) is 1. The molecule has 2 aromatic rings. The van der Waals surface area contributed by atoms with Gasteiger partial charge in [0.15, 0.2) is 0 Å². The topological polar surface area (TPSA) is 71.5 Å². The van der Waals surface area contributed by atoms with Crippen molar-refractivity contribution in [1.29, 1.82) is 0 Å². The van der Waals surface area contributed by atoms with Crippen LogP contribution in [0.1, 0.15) is 20.0 Å². The summed E-state index contributed by atoms with van der Waals surface area (Å²) >= 11 is 1.25. The normalized spacial score (nSPS) is 10.0. The Morgan fingerprint density at radius 2 is 2.10 bits per heavy atom. The average Bonchev–Trinajstić information content (AvgIpc) is 3.00. The summed E-state index contributed by atoms with van der Waals surface area (Å²) in [5.41, 5.74) is 2.51. The summed E-state index contributed by atoms with van der Waals surface area (Å²) in [6, 6.07) is 4.93. The van der Waals surface area contributed by atoms with Gasteiger partial charge in [-0.05, 0) is 18.2 Å². The molecule has 21 heavy (non-hydrogen) atoms. The Hall–Kier alpha value is -2.41. The zero-order chi connectivity index (χ0) is 15.4. The Bertz CT molecular complexity index is 653. The van der Waals surface area contributed by atoms with Crippen molar-refractivity contribution >= 4 is 28.8 Å². The number of benzene rings is 1. The first kappa shape index (κ1) is 15.0. The maximum atomic E-state index is 12.1. The number of anilines is 1. The van der Waals surface area contributed by atoms with Crippen LogP contribution in [0.2, 0.25) is 0 Å². The van der Waals surface area contributed by atoms with Gasteiger partial charge in [0.25, 0.3) is 11.8 Å². The van der Waals surface area contributed by atoms with E-state index in [0.29, 0.717) is 21.9 Å². The van der Waals surface area contributed by atoms with E-state index >= 15 is 0 Å². The van der Waals surface area contributed by atoms with E-state index in [2.05, 4.69) is 10.3 Å². The lowest BCUT2D eigenvalue weighted by Crippen LogP contribution is -2.22. The zero-order valence-corrected chi connectivity index (χ0v) is 12.7. The van der Waals surface area contributed by atoms with Gasteiger partial charge < -0.3 is 15.0 Å². The number of carbonyl (C=O) groups is 2. The van der Waals surface area contributed by atoms with Gasteiger partial charge in [-0.15, -0.1) is 11.3 Å². The Labute approximate surface area is 126 Å². The molecular formula is C14H15N3O3S. The number of nitrogens with one attached hydrogen (secondary N) is 1. The first-order valence-electron chi connectivity index (χ1n) is 6.12. The number of amides is 2. The monoisotopic (exact) mass is 305 g/mol. The molecular weight excluding hydrogens is 290 g/mol. The molecule has 0 bridgehead atoms. The van der Waals surface area contributed by atoms with E-state index in [1.54, 1.807) is 37.8 Å². The maximum Gasteiger partial charge on any atom is 0.267 e. The number of rotatable bonds is 4. The van der Waals surface area contributed by atoms with E-state index in [4.69, 9.17) is 4.74 Å². The highest BCUT2D eigenvalue weighted by Crippen LogP contribution is 2.24. The quantitative estimate of drug-likeness (QED) is 0.939. The van der Waals surface area contributed by atoms with Gasteiger partial charge in [0.2, 0.25) is 0 Å².